The van der Waals surface area contributed by atoms with Crippen LogP contribution in [0, 0.1) is 5.82 Å². The summed E-state index contributed by atoms with van der Waals surface area (Å²) in [5, 5.41) is 2.61. The zero-order chi connectivity index (χ0) is 13.0. The second kappa shape index (κ2) is 5.64. The SMILES string of the molecule is O=C(NCc1ccccn1)c1cc(S)ccc1F. The first-order chi connectivity index (χ1) is 8.66. The molecule has 0 atom stereocenters. The van der Waals surface area contributed by atoms with Crippen molar-refractivity contribution in [2.75, 3.05) is 0 Å². The van der Waals surface area contributed by atoms with Gasteiger partial charge in [-0.2, -0.15) is 0 Å². The summed E-state index contributed by atoms with van der Waals surface area (Å²) in [7, 11) is 0. The van der Waals surface area contributed by atoms with Gasteiger partial charge < -0.3 is 5.32 Å². The van der Waals surface area contributed by atoms with E-state index < -0.39 is 11.7 Å². The fraction of sp³-hybridized carbons (Fsp3) is 0.0769. The summed E-state index contributed by atoms with van der Waals surface area (Å²) in [6, 6.07) is 9.50. The monoisotopic (exact) mass is 262 g/mol. The molecule has 1 amide bonds. The van der Waals surface area contributed by atoms with Crippen LogP contribution in [-0.4, -0.2) is 10.9 Å². The molecule has 1 aromatic carbocycles. The summed E-state index contributed by atoms with van der Waals surface area (Å²) in [5.74, 6) is -1.04. The van der Waals surface area contributed by atoms with Crippen molar-refractivity contribution in [3.63, 3.8) is 0 Å². The van der Waals surface area contributed by atoms with Gasteiger partial charge in [0.05, 0.1) is 17.8 Å². The van der Waals surface area contributed by atoms with Gasteiger partial charge >= 0.3 is 0 Å². The predicted octanol–water partition coefficient (Wildman–Crippen LogP) is 2.44. The number of carbonyl (C=O) groups excluding carboxylic acids is 1. The fourth-order valence-electron chi connectivity index (χ4n) is 1.46. The van der Waals surface area contributed by atoms with Crippen LogP contribution >= 0.6 is 12.6 Å². The standard InChI is InChI=1S/C13H11FN2OS/c14-12-5-4-10(18)7-11(12)13(17)16-8-9-3-1-2-6-15-9/h1-7,18H,8H2,(H,16,17). The number of carbonyl (C=O) groups is 1. The summed E-state index contributed by atoms with van der Waals surface area (Å²) in [6.45, 7) is 0.260. The van der Waals surface area contributed by atoms with Gasteiger partial charge in [0, 0.05) is 11.1 Å². The van der Waals surface area contributed by atoms with Crippen molar-refractivity contribution < 1.29 is 9.18 Å². The van der Waals surface area contributed by atoms with Crippen LogP contribution in [0.5, 0.6) is 0 Å². The van der Waals surface area contributed by atoms with E-state index >= 15 is 0 Å². The van der Waals surface area contributed by atoms with E-state index in [9.17, 15) is 9.18 Å². The smallest absolute Gasteiger partial charge is 0.254 e. The Balaban J connectivity index is 2.06. The third-order valence-corrected chi connectivity index (χ3v) is 2.63. The molecular weight excluding hydrogens is 251 g/mol. The molecule has 0 radical (unpaired) electrons. The number of hydrogen-bond donors (Lipinski definition) is 2. The molecule has 3 nitrogen and oxygen atoms in total. The largest absolute Gasteiger partial charge is 0.346 e. The van der Waals surface area contributed by atoms with Gasteiger partial charge in [0.1, 0.15) is 5.82 Å². The Bertz CT molecular complexity index is 560. The summed E-state index contributed by atoms with van der Waals surface area (Å²) in [4.78, 5) is 16.4. The van der Waals surface area contributed by atoms with E-state index in [4.69, 9.17) is 0 Å². The number of amides is 1. The Hall–Kier alpha value is -1.88. The first-order valence-electron chi connectivity index (χ1n) is 5.33. The lowest BCUT2D eigenvalue weighted by atomic mass is 10.2. The van der Waals surface area contributed by atoms with E-state index in [-0.39, 0.29) is 12.1 Å². The normalized spacial score (nSPS) is 10.1. The van der Waals surface area contributed by atoms with Crippen LogP contribution in [0.4, 0.5) is 4.39 Å². The van der Waals surface area contributed by atoms with Crippen LogP contribution in [0.2, 0.25) is 0 Å². The molecule has 2 aromatic rings. The molecule has 0 spiro atoms. The number of benzene rings is 1. The molecule has 0 saturated carbocycles. The lowest BCUT2D eigenvalue weighted by Gasteiger charge is -2.06. The number of nitrogens with one attached hydrogen (secondary N) is 1. The molecule has 5 heteroatoms. The molecule has 0 bridgehead atoms. The maximum Gasteiger partial charge on any atom is 0.254 e. The van der Waals surface area contributed by atoms with Crippen molar-refractivity contribution in [1.29, 1.82) is 0 Å². The van der Waals surface area contributed by atoms with E-state index in [2.05, 4.69) is 22.9 Å². The molecule has 0 aliphatic heterocycles. The number of halogens is 1. The van der Waals surface area contributed by atoms with Gasteiger partial charge in [-0.25, -0.2) is 4.39 Å². The molecule has 2 rings (SSSR count). The number of thiol groups is 1. The second-order valence-electron chi connectivity index (χ2n) is 3.67. The molecule has 1 N–H and O–H groups in total. The van der Waals surface area contributed by atoms with Crippen LogP contribution in [0.15, 0.2) is 47.5 Å². The first-order valence-corrected chi connectivity index (χ1v) is 5.78. The highest BCUT2D eigenvalue weighted by Gasteiger charge is 2.11. The van der Waals surface area contributed by atoms with Gasteiger partial charge in [0.2, 0.25) is 0 Å². The van der Waals surface area contributed by atoms with Crippen molar-refractivity contribution in [3.05, 3.63) is 59.7 Å². The quantitative estimate of drug-likeness (QED) is 0.834. The summed E-state index contributed by atoms with van der Waals surface area (Å²) >= 11 is 4.08. The number of hydrogen-bond acceptors (Lipinski definition) is 3. The van der Waals surface area contributed by atoms with Gasteiger partial charge in [-0.3, -0.25) is 9.78 Å². The molecule has 0 aliphatic rings. The average Bonchev–Trinajstić information content (AvgIpc) is 2.40. The summed E-state index contributed by atoms with van der Waals surface area (Å²) in [6.07, 6.45) is 1.64. The Morgan fingerprint density at radius 2 is 2.17 bits per heavy atom. The minimum Gasteiger partial charge on any atom is -0.346 e. The molecule has 92 valence electrons. The molecule has 1 aromatic heterocycles. The number of aromatic nitrogens is 1. The van der Waals surface area contributed by atoms with E-state index in [1.807, 2.05) is 6.07 Å². The van der Waals surface area contributed by atoms with E-state index in [0.29, 0.717) is 10.6 Å². The lowest BCUT2D eigenvalue weighted by Crippen LogP contribution is -2.24. The predicted molar refractivity (Wildman–Crippen MR) is 69.1 cm³/mol. The Kier molecular flexibility index (Phi) is 3.94. The van der Waals surface area contributed by atoms with Crippen molar-refractivity contribution in [2.45, 2.75) is 11.4 Å². The van der Waals surface area contributed by atoms with E-state index in [1.54, 1.807) is 18.3 Å². The average molecular weight is 262 g/mol. The highest BCUT2D eigenvalue weighted by Crippen LogP contribution is 2.13. The minimum atomic E-state index is -0.564. The molecular formula is C13H11FN2OS. The minimum absolute atomic E-state index is 0.0153. The van der Waals surface area contributed by atoms with Crippen molar-refractivity contribution in [2.24, 2.45) is 0 Å². The number of pyridine rings is 1. The number of nitrogens with zero attached hydrogens (tertiary/aromatic N) is 1. The van der Waals surface area contributed by atoms with Gasteiger partial charge in [0.25, 0.3) is 5.91 Å². The summed E-state index contributed by atoms with van der Waals surface area (Å²) < 4.78 is 13.4. The Labute approximate surface area is 109 Å². The maximum atomic E-state index is 13.4. The Morgan fingerprint density at radius 3 is 2.89 bits per heavy atom. The van der Waals surface area contributed by atoms with Crippen LogP contribution in [0.3, 0.4) is 0 Å². The molecule has 1 heterocycles. The fourth-order valence-corrected chi connectivity index (χ4v) is 1.66. The van der Waals surface area contributed by atoms with E-state index in [1.165, 1.54) is 18.2 Å². The van der Waals surface area contributed by atoms with E-state index in [0.717, 1.165) is 0 Å². The lowest BCUT2D eigenvalue weighted by molar-refractivity contribution is 0.0946. The topological polar surface area (TPSA) is 42.0 Å². The Morgan fingerprint density at radius 1 is 1.33 bits per heavy atom. The zero-order valence-corrected chi connectivity index (χ0v) is 10.3. The highest BCUT2D eigenvalue weighted by molar-refractivity contribution is 7.80. The van der Waals surface area contributed by atoms with Gasteiger partial charge in [0.15, 0.2) is 0 Å². The third-order valence-electron chi connectivity index (χ3n) is 2.35. The molecule has 0 fully saturated rings. The van der Waals surface area contributed by atoms with Crippen LogP contribution < -0.4 is 5.32 Å². The molecule has 0 saturated heterocycles. The second-order valence-corrected chi connectivity index (χ2v) is 4.18. The van der Waals surface area contributed by atoms with Crippen molar-refractivity contribution in [3.8, 4) is 0 Å². The zero-order valence-electron chi connectivity index (χ0n) is 9.43. The van der Waals surface area contributed by atoms with Crippen LogP contribution in [0.25, 0.3) is 0 Å². The van der Waals surface area contributed by atoms with Gasteiger partial charge in [-0.1, -0.05) is 6.07 Å². The first kappa shape index (κ1) is 12.6. The number of rotatable bonds is 3. The van der Waals surface area contributed by atoms with Crippen LogP contribution in [-0.2, 0) is 6.54 Å². The van der Waals surface area contributed by atoms with Crippen molar-refractivity contribution >= 4 is 18.5 Å². The highest BCUT2D eigenvalue weighted by atomic mass is 32.1. The molecule has 0 unspecified atom stereocenters. The third kappa shape index (κ3) is 3.07. The molecule has 0 aliphatic carbocycles. The van der Waals surface area contributed by atoms with Gasteiger partial charge in [-0.15, -0.1) is 12.6 Å². The molecule has 18 heavy (non-hydrogen) atoms. The maximum absolute atomic E-state index is 13.4. The van der Waals surface area contributed by atoms with Crippen molar-refractivity contribution in [1.82, 2.24) is 10.3 Å². The van der Waals surface area contributed by atoms with Crippen LogP contribution in [0.1, 0.15) is 16.1 Å². The summed E-state index contributed by atoms with van der Waals surface area (Å²) in [5.41, 5.74) is 0.701. The van der Waals surface area contributed by atoms with Gasteiger partial charge in [-0.05, 0) is 30.3 Å².